The van der Waals surface area contributed by atoms with Gasteiger partial charge in [0.25, 0.3) is 0 Å². The van der Waals surface area contributed by atoms with Gasteiger partial charge in [0, 0.05) is 22.1 Å². The van der Waals surface area contributed by atoms with E-state index in [1.807, 2.05) is 48.5 Å². The molecule has 3 aromatic carbocycles. The van der Waals surface area contributed by atoms with Gasteiger partial charge in [-0.3, -0.25) is 0 Å². The van der Waals surface area contributed by atoms with Gasteiger partial charge in [-0.25, -0.2) is 4.39 Å². The maximum absolute atomic E-state index is 13.2. The third kappa shape index (κ3) is 3.53. The molecular formula is C22H14FN3S. The number of halogens is 1. The van der Waals surface area contributed by atoms with E-state index in [9.17, 15) is 9.65 Å². The number of hydrogen-bond acceptors (Lipinski definition) is 4. The van der Waals surface area contributed by atoms with Crippen LogP contribution in [0.15, 0.2) is 77.8 Å². The fourth-order valence-corrected chi connectivity index (χ4v) is 3.88. The predicted octanol–water partition coefficient (Wildman–Crippen LogP) is 5.60. The lowest BCUT2D eigenvalue weighted by Gasteiger charge is -2.09. The molecule has 1 heterocycles. The fourth-order valence-electron chi connectivity index (χ4n) is 2.91. The molecule has 4 aromatic rings. The molecular weight excluding hydrogens is 357 g/mol. The first kappa shape index (κ1) is 17.2. The molecule has 0 atom stereocenters. The van der Waals surface area contributed by atoms with E-state index in [-0.39, 0.29) is 5.82 Å². The third-order valence-corrected chi connectivity index (χ3v) is 5.30. The van der Waals surface area contributed by atoms with Gasteiger partial charge >= 0.3 is 0 Å². The minimum atomic E-state index is -0.278. The summed E-state index contributed by atoms with van der Waals surface area (Å²) in [5, 5.41) is 20.8. The summed E-state index contributed by atoms with van der Waals surface area (Å²) in [7, 11) is 0. The van der Waals surface area contributed by atoms with Crippen molar-refractivity contribution in [3.63, 3.8) is 0 Å². The molecule has 0 spiro atoms. The lowest BCUT2D eigenvalue weighted by atomic mass is 10.1. The van der Waals surface area contributed by atoms with Crippen molar-refractivity contribution in [1.82, 2.24) is 10.2 Å². The maximum atomic E-state index is 13.2. The van der Waals surface area contributed by atoms with E-state index in [4.69, 9.17) is 0 Å². The Balaban J connectivity index is 1.72. The van der Waals surface area contributed by atoms with Crippen LogP contribution in [0.5, 0.6) is 0 Å². The second kappa shape index (κ2) is 7.56. The van der Waals surface area contributed by atoms with Crippen LogP contribution in [0.4, 0.5) is 4.39 Å². The smallest absolute Gasteiger partial charge is 0.127 e. The molecule has 1 aromatic heterocycles. The van der Waals surface area contributed by atoms with E-state index in [1.54, 1.807) is 23.9 Å². The summed E-state index contributed by atoms with van der Waals surface area (Å²) < 4.78 is 13.2. The summed E-state index contributed by atoms with van der Waals surface area (Å²) in [6, 6.07) is 24.0. The molecule has 27 heavy (non-hydrogen) atoms. The molecule has 0 saturated carbocycles. The van der Waals surface area contributed by atoms with Crippen molar-refractivity contribution < 1.29 is 4.39 Å². The minimum Gasteiger partial charge on any atom is -0.207 e. The first-order valence-corrected chi connectivity index (χ1v) is 9.37. The SMILES string of the molecule is N#Cc1ccccc1CSc1nnc(-c2ccc(F)cc2)c2ccccc12. The molecule has 0 unspecified atom stereocenters. The van der Waals surface area contributed by atoms with Crippen molar-refractivity contribution in [2.24, 2.45) is 0 Å². The number of nitriles is 1. The second-order valence-corrected chi connectivity index (χ2v) is 6.93. The van der Waals surface area contributed by atoms with E-state index in [0.717, 1.165) is 32.6 Å². The molecule has 0 aliphatic heterocycles. The zero-order valence-electron chi connectivity index (χ0n) is 14.3. The molecule has 0 amide bonds. The maximum Gasteiger partial charge on any atom is 0.127 e. The number of thioether (sulfide) groups is 1. The van der Waals surface area contributed by atoms with E-state index in [1.165, 1.54) is 12.1 Å². The van der Waals surface area contributed by atoms with Gasteiger partial charge in [0.1, 0.15) is 16.5 Å². The molecule has 130 valence electrons. The summed E-state index contributed by atoms with van der Waals surface area (Å²) in [6.07, 6.45) is 0. The molecule has 0 bridgehead atoms. The van der Waals surface area contributed by atoms with Gasteiger partial charge in [-0.15, -0.1) is 10.2 Å². The Morgan fingerprint density at radius 1 is 0.852 bits per heavy atom. The molecule has 5 heteroatoms. The minimum absolute atomic E-state index is 0.278. The van der Waals surface area contributed by atoms with E-state index in [2.05, 4.69) is 16.3 Å². The van der Waals surface area contributed by atoms with Crippen molar-refractivity contribution >= 4 is 22.5 Å². The number of hydrogen-bond donors (Lipinski definition) is 0. The number of rotatable bonds is 4. The van der Waals surface area contributed by atoms with Crippen LogP contribution >= 0.6 is 11.8 Å². The highest BCUT2D eigenvalue weighted by Gasteiger charge is 2.12. The largest absolute Gasteiger partial charge is 0.207 e. The number of benzene rings is 3. The van der Waals surface area contributed by atoms with Gasteiger partial charge in [-0.1, -0.05) is 54.2 Å². The van der Waals surface area contributed by atoms with Crippen molar-refractivity contribution in [3.05, 3.63) is 89.7 Å². The summed E-state index contributed by atoms with van der Waals surface area (Å²) in [5.41, 5.74) is 3.20. The van der Waals surface area contributed by atoms with Crippen molar-refractivity contribution in [2.75, 3.05) is 0 Å². The van der Waals surface area contributed by atoms with Crippen LogP contribution in [-0.4, -0.2) is 10.2 Å². The Morgan fingerprint density at radius 2 is 1.56 bits per heavy atom. The van der Waals surface area contributed by atoms with Gasteiger partial charge in [-0.05, 0) is 35.9 Å². The predicted molar refractivity (Wildman–Crippen MR) is 106 cm³/mol. The summed E-state index contributed by atoms with van der Waals surface area (Å²) >= 11 is 1.55. The van der Waals surface area contributed by atoms with Crippen LogP contribution in [0.3, 0.4) is 0 Å². The normalized spacial score (nSPS) is 10.7. The lowest BCUT2D eigenvalue weighted by molar-refractivity contribution is 0.628. The molecule has 4 rings (SSSR count). The topological polar surface area (TPSA) is 49.6 Å². The number of nitrogens with zero attached hydrogens (tertiary/aromatic N) is 3. The highest BCUT2D eigenvalue weighted by Crippen LogP contribution is 2.33. The Kier molecular flexibility index (Phi) is 4.82. The van der Waals surface area contributed by atoms with Crippen molar-refractivity contribution in [1.29, 1.82) is 5.26 Å². The van der Waals surface area contributed by atoms with Crippen LogP contribution < -0.4 is 0 Å². The fraction of sp³-hybridized carbons (Fsp3) is 0.0455. The number of aromatic nitrogens is 2. The first-order valence-electron chi connectivity index (χ1n) is 8.38. The number of fused-ring (bicyclic) bond motifs is 1. The summed E-state index contributed by atoms with van der Waals surface area (Å²) in [5.74, 6) is 0.359. The van der Waals surface area contributed by atoms with E-state index in [0.29, 0.717) is 11.3 Å². The van der Waals surface area contributed by atoms with E-state index >= 15 is 0 Å². The monoisotopic (exact) mass is 371 g/mol. The molecule has 0 saturated heterocycles. The molecule has 0 aliphatic carbocycles. The summed E-state index contributed by atoms with van der Waals surface area (Å²) in [4.78, 5) is 0. The van der Waals surface area contributed by atoms with Gasteiger partial charge < -0.3 is 0 Å². The second-order valence-electron chi connectivity index (χ2n) is 5.96. The molecule has 0 radical (unpaired) electrons. The van der Waals surface area contributed by atoms with Gasteiger partial charge in [0.15, 0.2) is 0 Å². The van der Waals surface area contributed by atoms with Gasteiger partial charge in [-0.2, -0.15) is 5.26 Å². The lowest BCUT2D eigenvalue weighted by Crippen LogP contribution is -1.95. The first-order chi connectivity index (χ1) is 13.3. The molecule has 0 aliphatic rings. The third-order valence-electron chi connectivity index (χ3n) is 4.27. The van der Waals surface area contributed by atoms with Crippen LogP contribution in [0, 0.1) is 17.1 Å². The van der Waals surface area contributed by atoms with Crippen LogP contribution in [0.25, 0.3) is 22.0 Å². The Labute approximate surface area is 160 Å². The van der Waals surface area contributed by atoms with E-state index < -0.39 is 0 Å². The van der Waals surface area contributed by atoms with Crippen LogP contribution in [0.1, 0.15) is 11.1 Å². The Bertz CT molecular complexity index is 1150. The van der Waals surface area contributed by atoms with Gasteiger partial charge in [0.2, 0.25) is 0 Å². The molecule has 3 nitrogen and oxygen atoms in total. The standard InChI is InChI=1S/C22H14FN3S/c23-18-11-9-15(10-12-18)21-19-7-3-4-8-20(19)22(26-25-21)27-14-17-6-2-1-5-16(17)13-24/h1-12H,14H2. The molecule has 0 N–H and O–H groups in total. The average Bonchev–Trinajstić information content (AvgIpc) is 2.73. The van der Waals surface area contributed by atoms with Crippen LogP contribution in [0.2, 0.25) is 0 Å². The van der Waals surface area contributed by atoms with Crippen molar-refractivity contribution in [2.45, 2.75) is 10.8 Å². The zero-order chi connectivity index (χ0) is 18.6. The average molecular weight is 371 g/mol. The zero-order valence-corrected chi connectivity index (χ0v) is 15.1. The summed E-state index contributed by atoms with van der Waals surface area (Å²) in [6.45, 7) is 0. The molecule has 0 fully saturated rings. The highest BCUT2D eigenvalue weighted by atomic mass is 32.2. The van der Waals surface area contributed by atoms with Crippen molar-refractivity contribution in [3.8, 4) is 17.3 Å². The quantitative estimate of drug-likeness (QED) is 0.438. The van der Waals surface area contributed by atoms with Gasteiger partial charge in [0.05, 0.1) is 11.6 Å². The van der Waals surface area contributed by atoms with Crippen LogP contribution in [-0.2, 0) is 5.75 Å². The Hall–Kier alpha value is -3.23. The Morgan fingerprint density at radius 3 is 2.33 bits per heavy atom. The highest BCUT2D eigenvalue weighted by molar-refractivity contribution is 7.98.